The van der Waals surface area contributed by atoms with E-state index in [1.807, 2.05) is 5.38 Å². The second-order valence-corrected chi connectivity index (χ2v) is 5.61. The molecule has 0 atom stereocenters. The Labute approximate surface area is 107 Å². The summed E-state index contributed by atoms with van der Waals surface area (Å²) in [5, 5.41) is 3.22. The molecule has 0 aliphatic heterocycles. The Morgan fingerprint density at radius 1 is 1.41 bits per heavy atom. The quantitative estimate of drug-likeness (QED) is 0.905. The molecule has 1 aliphatic rings. The minimum Gasteiger partial charge on any atom is -0.319 e. The fourth-order valence-electron chi connectivity index (χ4n) is 1.67. The third-order valence-corrected chi connectivity index (χ3v) is 4.22. The molecular formula is C12H10ClFN2S. The van der Waals surface area contributed by atoms with Crippen molar-refractivity contribution in [2.45, 2.75) is 18.4 Å². The summed E-state index contributed by atoms with van der Waals surface area (Å²) >= 11 is 7.34. The van der Waals surface area contributed by atoms with Crippen molar-refractivity contribution in [1.29, 1.82) is 0 Å². The van der Waals surface area contributed by atoms with E-state index in [0.29, 0.717) is 16.3 Å². The molecule has 88 valence electrons. The first-order valence-electron chi connectivity index (χ1n) is 5.29. The molecular weight excluding hydrogens is 259 g/mol. The zero-order valence-corrected chi connectivity index (χ0v) is 10.5. The Balaban J connectivity index is 2.03. The van der Waals surface area contributed by atoms with Crippen molar-refractivity contribution in [1.82, 2.24) is 4.98 Å². The summed E-state index contributed by atoms with van der Waals surface area (Å²) < 4.78 is 13.7. The Kier molecular flexibility index (Phi) is 2.47. The van der Waals surface area contributed by atoms with Gasteiger partial charge in [-0.1, -0.05) is 11.6 Å². The number of hydrogen-bond acceptors (Lipinski definition) is 3. The third-order valence-electron chi connectivity index (χ3n) is 2.92. The van der Waals surface area contributed by atoms with Crippen LogP contribution in [0.15, 0.2) is 23.6 Å². The van der Waals surface area contributed by atoms with E-state index in [0.717, 1.165) is 17.8 Å². The number of nitrogens with zero attached hydrogens (tertiary/aromatic N) is 1. The second kappa shape index (κ2) is 3.77. The molecule has 1 heterocycles. The van der Waals surface area contributed by atoms with Crippen LogP contribution in [0.25, 0.3) is 11.3 Å². The summed E-state index contributed by atoms with van der Waals surface area (Å²) in [7, 11) is 0. The molecule has 1 aromatic carbocycles. The lowest BCUT2D eigenvalue weighted by atomic mass is 10.1. The van der Waals surface area contributed by atoms with Crippen LogP contribution in [0, 0.1) is 5.82 Å². The summed E-state index contributed by atoms with van der Waals surface area (Å²) in [4.78, 5) is 4.41. The predicted molar refractivity (Wildman–Crippen MR) is 67.6 cm³/mol. The number of benzene rings is 1. The highest BCUT2D eigenvalue weighted by Gasteiger charge is 2.42. The van der Waals surface area contributed by atoms with E-state index in [9.17, 15) is 4.39 Å². The molecule has 2 N–H and O–H groups in total. The zero-order chi connectivity index (χ0) is 12.0. The van der Waals surface area contributed by atoms with Gasteiger partial charge in [-0.2, -0.15) is 0 Å². The molecule has 5 heteroatoms. The van der Waals surface area contributed by atoms with Gasteiger partial charge in [-0.15, -0.1) is 11.3 Å². The number of hydrogen-bond donors (Lipinski definition) is 1. The van der Waals surface area contributed by atoms with Gasteiger partial charge in [0.05, 0.1) is 11.2 Å². The maximum absolute atomic E-state index is 13.7. The minimum atomic E-state index is -0.312. The minimum absolute atomic E-state index is 0.266. The van der Waals surface area contributed by atoms with Gasteiger partial charge in [0.2, 0.25) is 0 Å². The van der Waals surface area contributed by atoms with Gasteiger partial charge in [-0.25, -0.2) is 9.37 Å². The molecule has 1 aromatic heterocycles. The Bertz CT molecular complexity index is 578. The molecule has 0 radical (unpaired) electrons. The van der Waals surface area contributed by atoms with E-state index in [1.54, 1.807) is 6.07 Å². The van der Waals surface area contributed by atoms with Crippen LogP contribution in [-0.4, -0.2) is 4.98 Å². The molecule has 0 amide bonds. The summed E-state index contributed by atoms with van der Waals surface area (Å²) in [6, 6.07) is 4.47. The lowest BCUT2D eigenvalue weighted by Crippen LogP contribution is -2.18. The molecule has 2 nitrogen and oxygen atoms in total. The van der Waals surface area contributed by atoms with Gasteiger partial charge in [-0.3, -0.25) is 0 Å². The molecule has 17 heavy (non-hydrogen) atoms. The highest BCUT2D eigenvalue weighted by atomic mass is 35.5. The van der Waals surface area contributed by atoms with Crippen LogP contribution in [0.3, 0.4) is 0 Å². The van der Waals surface area contributed by atoms with Gasteiger partial charge < -0.3 is 5.73 Å². The summed E-state index contributed by atoms with van der Waals surface area (Å²) in [5.41, 5.74) is 6.84. The highest BCUT2D eigenvalue weighted by molar-refractivity contribution is 7.10. The Morgan fingerprint density at radius 2 is 2.18 bits per heavy atom. The van der Waals surface area contributed by atoms with Gasteiger partial charge in [0, 0.05) is 16.0 Å². The smallest absolute Gasteiger partial charge is 0.132 e. The maximum Gasteiger partial charge on any atom is 0.132 e. The molecule has 3 rings (SSSR count). The van der Waals surface area contributed by atoms with Crippen molar-refractivity contribution < 1.29 is 4.39 Å². The van der Waals surface area contributed by atoms with Gasteiger partial charge in [0.1, 0.15) is 10.8 Å². The lowest BCUT2D eigenvalue weighted by molar-refractivity contribution is 0.630. The van der Waals surface area contributed by atoms with E-state index < -0.39 is 0 Å². The summed E-state index contributed by atoms with van der Waals surface area (Å²) in [5.74, 6) is -0.312. The lowest BCUT2D eigenvalue weighted by Gasteiger charge is -2.03. The van der Waals surface area contributed by atoms with Gasteiger partial charge in [0.25, 0.3) is 0 Å². The topological polar surface area (TPSA) is 38.9 Å². The monoisotopic (exact) mass is 268 g/mol. The molecule has 1 fully saturated rings. The van der Waals surface area contributed by atoms with Crippen LogP contribution in [0.4, 0.5) is 4.39 Å². The van der Waals surface area contributed by atoms with Crippen molar-refractivity contribution in [3.8, 4) is 11.3 Å². The average Bonchev–Trinajstić information content (AvgIpc) is 2.88. The van der Waals surface area contributed by atoms with Crippen molar-refractivity contribution in [3.05, 3.63) is 39.4 Å². The van der Waals surface area contributed by atoms with Crippen LogP contribution < -0.4 is 5.73 Å². The summed E-state index contributed by atoms with van der Waals surface area (Å²) in [6.07, 6.45) is 1.91. The second-order valence-electron chi connectivity index (χ2n) is 4.32. The largest absolute Gasteiger partial charge is 0.319 e. The highest BCUT2D eigenvalue weighted by Crippen LogP contribution is 2.44. The SMILES string of the molecule is NC1(c2nc(-c3cc(Cl)ccc3F)cs2)CC1. The first-order chi connectivity index (χ1) is 8.08. The van der Waals surface area contributed by atoms with Crippen LogP contribution in [0.1, 0.15) is 17.8 Å². The molecule has 0 spiro atoms. The van der Waals surface area contributed by atoms with Crippen molar-refractivity contribution in [3.63, 3.8) is 0 Å². The molecule has 0 bridgehead atoms. The Hall–Kier alpha value is -0.970. The number of aromatic nitrogens is 1. The molecule has 0 saturated heterocycles. The number of nitrogens with two attached hydrogens (primary N) is 1. The molecule has 1 saturated carbocycles. The standard InChI is InChI=1S/C12H10ClFN2S/c13-7-1-2-9(14)8(5-7)10-6-17-11(16-10)12(15)3-4-12/h1-2,5-6H,3-4,15H2. The fraction of sp³-hybridized carbons (Fsp3) is 0.250. The Morgan fingerprint density at radius 3 is 2.88 bits per heavy atom. The molecule has 0 unspecified atom stereocenters. The normalized spacial score (nSPS) is 17.1. The summed E-state index contributed by atoms with van der Waals surface area (Å²) in [6.45, 7) is 0. The molecule has 1 aliphatic carbocycles. The first-order valence-corrected chi connectivity index (χ1v) is 6.55. The van der Waals surface area contributed by atoms with Crippen LogP contribution in [0.2, 0.25) is 5.02 Å². The van der Waals surface area contributed by atoms with E-state index in [2.05, 4.69) is 4.98 Å². The van der Waals surface area contributed by atoms with Crippen LogP contribution >= 0.6 is 22.9 Å². The fourth-order valence-corrected chi connectivity index (χ4v) is 2.83. The van der Waals surface area contributed by atoms with E-state index in [-0.39, 0.29) is 11.4 Å². The maximum atomic E-state index is 13.7. The number of halogens is 2. The zero-order valence-electron chi connectivity index (χ0n) is 8.91. The van der Waals surface area contributed by atoms with Gasteiger partial charge >= 0.3 is 0 Å². The van der Waals surface area contributed by atoms with Crippen molar-refractivity contribution >= 4 is 22.9 Å². The average molecular weight is 269 g/mol. The number of rotatable bonds is 2. The van der Waals surface area contributed by atoms with E-state index in [1.165, 1.54) is 23.5 Å². The number of thiazole rings is 1. The predicted octanol–water partition coefficient (Wildman–Crippen LogP) is 3.55. The molecule has 2 aromatic rings. The van der Waals surface area contributed by atoms with E-state index >= 15 is 0 Å². The van der Waals surface area contributed by atoms with E-state index in [4.69, 9.17) is 17.3 Å². The third kappa shape index (κ3) is 1.97. The van der Waals surface area contributed by atoms with Gasteiger partial charge in [-0.05, 0) is 31.0 Å². The van der Waals surface area contributed by atoms with Crippen molar-refractivity contribution in [2.24, 2.45) is 5.73 Å². The van der Waals surface area contributed by atoms with Crippen LogP contribution in [0.5, 0.6) is 0 Å². The van der Waals surface area contributed by atoms with Crippen molar-refractivity contribution in [2.75, 3.05) is 0 Å². The van der Waals surface area contributed by atoms with Gasteiger partial charge in [0.15, 0.2) is 0 Å². The van der Waals surface area contributed by atoms with Crippen LogP contribution in [-0.2, 0) is 5.54 Å². The first kappa shape index (κ1) is 11.1.